The number of aryl methyl sites for hydroxylation is 2. The Bertz CT molecular complexity index is 769. The van der Waals surface area contributed by atoms with Gasteiger partial charge >= 0.3 is 5.97 Å². The van der Waals surface area contributed by atoms with Gasteiger partial charge in [-0.3, -0.25) is 9.59 Å². The van der Waals surface area contributed by atoms with E-state index >= 15 is 0 Å². The van der Waals surface area contributed by atoms with Crippen molar-refractivity contribution in [2.24, 2.45) is 0 Å². The Labute approximate surface area is 143 Å². The third kappa shape index (κ3) is 4.85. The van der Waals surface area contributed by atoms with E-state index in [-0.39, 0.29) is 12.1 Å². The van der Waals surface area contributed by atoms with Crippen molar-refractivity contribution in [3.05, 3.63) is 46.9 Å². The average Bonchev–Trinajstić information content (AvgIpc) is 2.86. The molecule has 0 aliphatic carbocycles. The van der Waals surface area contributed by atoms with Gasteiger partial charge < -0.3 is 14.6 Å². The van der Waals surface area contributed by atoms with Gasteiger partial charge in [0.05, 0.1) is 11.4 Å². The number of aromatic nitrogens is 1. The van der Waals surface area contributed by atoms with Crippen molar-refractivity contribution >= 4 is 17.6 Å². The van der Waals surface area contributed by atoms with E-state index in [1.807, 2.05) is 0 Å². The monoisotopic (exact) mass is 352 g/mol. The van der Waals surface area contributed by atoms with E-state index in [4.69, 9.17) is 9.26 Å². The van der Waals surface area contributed by atoms with Crippen LogP contribution in [0.5, 0.6) is 0 Å². The van der Waals surface area contributed by atoms with Crippen LogP contribution >= 0.6 is 0 Å². The van der Waals surface area contributed by atoms with Crippen LogP contribution in [0.3, 0.4) is 0 Å². The lowest BCUT2D eigenvalue weighted by Gasteiger charge is -2.14. The van der Waals surface area contributed by atoms with Crippen molar-refractivity contribution in [1.82, 2.24) is 5.16 Å². The van der Waals surface area contributed by atoms with Crippen molar-refractivity contribution in [1.29, 1.82) is 0 Å². The normalized spacial score (nSPS) is 11.9. The first-order chi connectivity index (χ1) is 11.8. The number of anilines is 1. The van der Waals surface area contributed by atoms with E-state index in [1.165, 1.54) is 6.92 Å². The molecule has 0 aliphatic rings. The average molecular weight is 352 g/mol. The van der Waals surface area contributed by atoms with Crippen LogP contribution < -0.4 is 5.32 Å². The standard InChI is InChI=1S/C17H18F2N2O4/c1-9-13(10(2)25-21-9)5-7-16(22)24-11(3)17(23)20-15-6-4-12(18)8-14(15)19/h4,6,8,11H,5,7H2,1-3H3,(H,20,23)/t11-/m0/s1. The predicted octanol–water partition coefficient (Wildman–Crippen LogP) is 3.07. The van der Waals surface area contributed by atoms with E-state index in [2.05, 4.69) is 10.5 Å². The van der Waals surface area contributed by atoms with Crippen molar-refractivity contribution in [2.45, 2.75) is 39.7 Å². The molecule has 0 aliphatic heterocycles. The molecule has 6 nitrogen and oxygen atoms in total. The van der Waals surface area contributed by atoms with Gasteiger partial charge in [-0.05, 0) is 39.3 Å². The zero-order chi connectivity index (χ0) is 18.6. The first-order valence-electron chi connectivity index (χ1n) is 7.65. The summed E-state index contributed by atoms with van der Waals surface area (Å²) in [5.41, 5.74) is 1.33. The maximum atomic E-state index is 13.5. The molecule has 1 aromatic carbocycles. The van der Waals surface area contributed by atoms with Gasteiger partial charge in [-0.1, -0.05) is 5.16 Å². The summed E-state index contributed by atoms with van der Waals surface area (Å²) in [6.45, 7) is 4.88. The van der Waals surface area contributed by atoms with Crippen molar-refractivity contribution < 1.29 is 27.6 Å². The van der Waals surface area contributed by atoms with E-state index < -0.39 is 29.6 Å². The van der Waals surface area contributed by atoms with Gasteiger partial charge in [-0.25, -0.2) is 8.78 Å². The summed E-state index contributed by atoms with van der Waals surface area (Å²) in [5, 5.41) is 6.04. The molecular weight excluding hydrogens is 334 g/mol. The van der Waals surface area contributed by atoms with E-state index in [1.54, 1.807) is 13.8 Å². The lowest BCUT2D eigenvalue weighted by Crippen LogP contribution is -2.30. The third-order valence-electron chi connectivity index (χ3n) is 3.63. The van der Waals surface area contributed by atoms with Crippen molar-refractivity contribution in [2.75, 3.05) is 5.32 Å². The maximum Gasteiger partial charge on any atom is 0.306 e. The van der Waals surface area contributed by atoms with Crippen LogP contribution in [0.15, 0.2) is 22.7 Å². The fraction of sp³-hybridized carbons (Fsp3) is 0.353. The number of ether oxygens (including phenoxy) is 1. The van der Waals surface area contributed by atoms with E-state index in [0.29, 0.717) is 23.9 Å². The van der Waals surface area contributed by atoms with Gasteiger partial charge in [0.25, 0.3) is 5.91 Å². The van der Waals surface area contributed by atoms with Crippen molar-refractivity contribution in [3.8, 4) is 0 Å². The highest BCUT2D eigenvalue weighted by atomic mass is 19.1. The second-order valence-electron chi connectivity index (χ2n) is 5.55. The maximum absolute atomic E-state index is 13.5. The number of amides is 1. The smallest absolute Gasteiger partial charge is 0.306 e. The summed E-state index contributed by atoms with van der Waals surface area (Å²) < 4.78 is 36.4. The lowest BCUT2D eigenvalue weighted by atomic mass is 10.1. The summed E-state index contributed by atoms with van der Waals surface area (Å²) in [5.74, 6) is -2.33. The Morgan fingerprint density at radius 1 is 1.32 bits per heavy atom. The van der Waals surface area contributed by atoms with Crippen LogP contribution in [0, 0.1) is 25.5 Å². The number of nitrogens with zero attached hydrogens (tertiary/aromatic N) is 1. The number of carbonyl (C=O) groups excluding carboxylic acids is 2. The quantitative estimate of drug-likeness (QED) is 0.808. The molecule has 0 radical (unpaired) electrons. The number of nitrogens with one attached hydrogen (secondary N) is 1. The number of halogens is 2. The number of benzene rings is 1. The molecule has 1 atom stereocenters. The number of hydrogen-bond donors (Lipinski definition) is 1. The highest BCUT2D eigenvalue weighted by Gasteiger charge is 2.20. The molecule has 1 aromatic heterocycles. The fourth-order valence-corrected chi connectivity index (χ4v) is 2.22. The molecule has 0 fully saturated rings. The van der Waals surface area contributed by atoms with Gasteiger partial charge in [-0.15, -0.1) is 0 Å². The van der Waals surface area contributed by atoms with Crippen LogP contribution in [0.4, 0.5) is 14.5 Å². The number of rotatable bonds is 6. The van der Waals surface area contributed by atoms with Gasteiger partial charge in [0.15, 0.2) is 6.10 Å². The zero-order valence-electron chi connectivity index (χ0n) is 14.1. The SMILES string of the molecule is Cc1noc(C)c1CCC(=O)O[C@@H](C)C(=O)Nc1ccc(F)cc1F. The summed E-state index contributed by atoms with van der Waals surface area (Å²) in [7, 11) is 0. The largest absolute Gasteiger partial charge is 0.453 e. The number of esters is 1. The number of carbonyl (C=O) groups is 2. The van der Waals surface area contributed by atoms with Crippen molar-refractivity contribution in [3.63, 3.8) is 0 Å². The van der Waals surface area contributed by atoms with Gasteiger partial charge in [0.2, 0.25) is 0 Å². The molecule has 2 rings (SSSR count). The summed E-state index contributed by atoms with van der Waals surface area (Å²) in [6.07, 6.45) is -0.701. The summed E-state index contributed by atoms with van der Waals surface area (Å²) in [6, 6.07) is 2.75. The molecule has 2 aromatic rings. The first-order valence-corrected chi connectivity index (χ1v) is 7.65. The van der Waals surface area contributed by atoms with Crippen LogP contribution in [0.2, 0.25) is 0 Å². The molecular formula is C17H18F2N2O4. The molecule has 0 unspecified atom stereocenters. The minimum atomic E-state index is -1.12. The Morgan fingerprint density at radius 3 is 2.64 bits per heavy atom. The second kappa shape index (κ2) is 7.87. The van der Waals surface area contributed by atoms with E-state index in [9.17, 15) is 18.4 Å². The fourth-order valence-electron chi connectivity index (χ4n) is 2.22. The highest BCUT2D eigenvalue weighted by Crippen LogP contribution is 2.17. The molecule has 134 valence electrons. The summed E-state index contributed by atoms with van der Waals surface area (Å²) >= 11 is 0. The minimum absolute atomic E-state index is 0.0470. The third-order valence-corrected chi connectivity index (χ3v) is 3.63. The zero-order valence-corrected chi connectivity index (χ0v) is 14.1. The lowest BCUT2D eigenvalue weighted by molar-refractivity contribution is -0.153. The first kappa shape index (κ1) is 18.6. The molecule has 0 saturated heterocycles. The molecule has 0 saturated carbocycles. The van der Waals surface area contributed by atoms with Crippen LogP contribution in [-0.2, 0) is 20.7 Å². The summed E-state index contributed by atoms with van der Waals surface area (Å²) in [4.78, 5) is 23.8. The van der Waals surface area contributed by atoms with Crippen LogP contribution in [-0.4, -0.2) is 23.1 Å². The molecule has 25 heavy (non-hydrogen) atoms. The molecule has 8 heteroatoms. The predicted molar refractivity (Wildman–Crippen MR) is 84.8 cm³/mol. The topological polar surface area (TPSA) is 81.4 Å². The Kier molecular flexibility index (Phi) is 5.84. The number of hydrogen-bond acceptors (Lipinski definition) is 5. The highest BCUT2D eigenvalue weighted by molar-refractivity contribution is 5.95. The Hall–Kier alpha value is -2.77. The molecule has 1 N–H and O–H groups in total. The molecule has 0 bridgehead atoms. The van der Waals surface area contributed by atoms with Crippen LogP contribution in [0.25, 0.3) is 0 Å². The Balaban J connectivity index is 1.86. The molecule has 0 spiro atoms. The second-order valence-corrected chi connectivity index (χ2v) is 5.55. The molecule has 1 amide bonds. The Morgan fingerprint density at radius 2 is 2.04 bits per heavy atom. The minimum Gasteiger partial charge on any atom is -0.453 e. The van der Waals surface area contributed by atoms with Gasteiger partial charge in [0, 0.05) is 18.1 Å². The van der Waals surface area contributed by atoms with Gasteiger partial charge in [-0.2, -0.15) is 0 Å². The van der Waals surface area contributed by atoms with Crippen LogP contribution in [0.1, 0.15) is 30.4 Å². The van der Waals surface area contributed by atoms with Gasteiger partial charge in [0.1, 0.15) is 17.4 Å². The van der Waals surface area contributed by atoms with E-state index in [0.717, 1.165) is 17.7 Å². The molecule has 1 heterocycles.